The number of amides is 3. The van der Waals surface area contributed by atoms with E-state index in [0.717, 1.165) is 0 Å². The minimum atomic E-state index is -0.226. The topological polar surface area (TPSA) is 92.5 Å². The van der Waals surface area contributed by atoms with Gasteiger partial charge in [-0.3, -0.25) is 24.7 Å². The summed E-state index contributed by atoms with van der Waals surface area (Å²) in [6.07, 6.45) is 3.16. The van der Waals surface area contributed by atoms with Gasteiger partial charge < -0.3 is 0 Å². The van der Waals surface area contributed by atoms with Crippen molar-refractivity contribution < 1.29 is 14.4 Å². The molecule has 3 amide bonds. The predicted molar refractivity (Wildman–Crippen MR) is 56.8 cm³/mol. The molecular formula is C10H17N3O3. The first-order valence-electron chi connectivity index (χ1n) is 5.48. The van der Waals surface area contributed by atoms with Crippen molar-refractivity contribution in [1.82, 2.24) is 10.3 Å². The highest BCUT2D eigenvalue weighted by atomic mass is 16.2. The molecule has 0 aliphatic carbocycles. The molecule has 0 aromatic rings. The third-order valence-corrected chi connectivity index (χ3v) is 2.58. The number of carbonyl (C=O) groups excluding carboxylic acids is 3. The number of hydrazine groups is 1. The quantitative estimate of drug-likeness (QED) is 0.221. The molecule has 1 fully saturated rings. The molecule has 0 aromatic carbocycles. The van der Waals surface area contributed by atoms with Crippen LogP contribution in [-0.2, 0) is 14.4 Å². The summed E-state index contributed by atoms with van der Waals surface area (Å²) in [6.45, 7) is 0.412. The minimum Gasteiger partial charge on any atom is -0.294 e. The van der Waals surface area contributed by atoms with E-state index in [0.29, 0.717) is 45.1 Å². The molecule has 1 rings (SSSR count). The molecule has 1 aliphatic heterocycles. The molecule has 0 unspecified atom stereocenters. The van der Waals surface area contributed by atoms with Crippen LogP contribution < -0.4 is 11.3 Å². The van der Waals surface area contributed by atoms with E-state index in [-0.39, 0.29) is 17.7 Å². The number of piperidine rings is 1. The number of likely N-dealkylation sites (tertiary alicyclic amines) is 1. The van der Waals surface area contributed by atoms with Gasteiger partial charge in [0.1, 0.15) is 0 Å². The highest BCUT2D eigenvalue weighted by Crippen LogP contribution is 2.13. The van der Waals surface area contributed by atoms with Crippen LogP contribution in [0.1, 0.15) is 38.5 Å². The Morgan fingerprint density at radius 1 is 1.25 bits per heavy atom. The van der Waals surface area contributed by atoms with Crippen LogP contribution in [-0.4, -0.2) is 29.2 Å². The standard InChI is InChI=1S/C10H17N3O3/c11-12-8(14)4-1-2-7-13-9(15)5-3-6-10(13)16/h1-7,11H2,(H,12,14). The Hall–Kier alpha value is -1.43. The van der Waals surface area contributed by atoms with E-state index in [4.69, 9.17) is 5.84 Å². The molecule has 1 aliphatic rings. The van der Waals surface area contributed by atoms with Crippen LogP contribution in [0.2, 0.25) is 0 Å². The van der Waals surface area contributed by atoms with Crippen molar-refractivity contribution in [3.8, 4) is 0 Å². The van der Waals surface area contributed by atoms with Gasteiger partial charge in [-0.05, 0) is 19.3 Å². The van der Waals surface area contributed by atoms with Gasteiger partial charge in [-0.25, -0.2) is 5.84 Å². The lowest BCUT2D eigenvalue weighted by molar-refractivity contribution is -0.147. The zero-order valence-corrected chi connectivity index (χ0v) is 9.20. The second-order valence-electron chi connectivity index (χ2n) is 3.82. The molecule has 3 N–H and O–H groups in total. The molecule has 0 radical (unpaired) electrons. The lowest BCUT2D eigenvalue weighted by atomic mass is 10.1. The summed E-state index contributed by atoms with van der Waals surface area (Å²) in [6, 6.07) is 0. The lowest BCUT2D eigenvalue weighted by Crippen LogP contribution is -2.40. The molecule has 6 heteroatoms. The van der Waals surface area contributed by atoms with E-state index in [1.807, 2.05) is 5.43 Å². The smallest absolute Gasteiger partial charge is 0.233 e. The molecule has 0 bridgehead atoms. The van der Waals surface area contributed by atoms with Gasteiger partial charge >= 0.3 is 0 Å². The van der Waals surface area contributed by atoms with Crippen LogP contribution in [0.25, 0.3) is 0 Å². The van der Waals surface area contributed by atoms with E-state index >= 15 is 0 Å². The van der Waals surface area contributed by atoms with Gasteiger partial charge in [0.15, 0.2) is 0 Å². The highest BCUT2D eigenvalue weighted by molar-refractivity contribution is 5.97. The van der Waals surface area contributed by atoms with Crippen molar-refractivity contribution in [3.63, 3.8) is 0 Å². The number of hydrogen-bond acceptors (Lipinski definition) is 4. The molecule has 16 heavy (non-hydrogen) atoms. The maximum absolute atomic E-state index is 11.4. The van der Waals surface area contributed by atoms with Crippen LogP contribution >= 0.6 is 0 Å². The third-order valence-electron chi connectivity index (χ3n) is 2.58. The van der Waals surface area contributed by atoms with Crippen LogP contribution in [0.4, 0.5) is 0 Å². The SMILES string of the molecule is NNC(=O)CCCCN1C(=O)CCCC1=O. The summed E-state index contributed by atoms with van der Waals surface area (Å²) in [4.78, 5) is 34.9. The first kappa shape index (κ1) is 12.6. The van der Waals surface area contributed by atoms with Gasteiger partial charge in [0.25, 0.3) is 0 Å². The Kier molecular flexibility index (Phi) is 4.91. The van der Waals surface area contributed by atoms with E-state index in [1.54, 1.807) is 0 Å². The summed E-state index contributed by atoms with van der Waals surface area (Å²) in [5, 5.41) is 0. The van der Waals surface area contributed by atoms with Gasteiger partial charge in [0.2, 0.25) is 17.7 Å². The summed E-state index contributed by atoms with van der Waals surface area (Å²) < 4.78 is 0. The molecular weight excluding hydrogens is 210 g/mol. The number of hydrogen-bond donors (Lipinski definition) is 2. The number of unbranched alkanes of at least 4 members (excludes halogenated alkanes) is 1. The van der Waals surface area contributed by atoms with E-state index in [9.17, 15) is 14.4 Å². The molecule has 0 atom stereocenters. The second-order valence-corrected chi connectivity index (χ2v) is 3.82. The van der Waals surface area contributed by atoms with Crippen molar-refractivity contribution in [3.05, 3.63) is 0 Å². The molecule has 0 spiro atoms. The Balaban J connectivity index is 2.23. The number of nitrogens with zero attached hydrogens (tertiary/aromatic N) is 1. The zero-order valence-electron chi connectivity index (χ0n) is 9.20. The predicted octanol–water partition coefficient (Wildman–Crippen LogP) is -0.314. The fourth-order valence-electron chi connectivity index (χ4n) is 1.68. The Morgan fingerprint density at radius 2 is 1.88 bits per heavy atom. The van der Waals surface area contributed by atoms with Gasteiger partial charge in [-0.2, -0.15) is 0 Å². The van der Waals surface area contributed by atoms with Crippen molar-refractivity contribution in [2.75, 3.05) is 6.54 Å². The van der Waals surface area contributed by atoms with Gasteiger partial charge in [-0.1, -0.05) is 0 Å². The average Bonchev–Trinajstić information content (AvgIpc) is 2.27. The summed E-state index contributed by atoms with van der Waals surface area (Å²) in [7, 11) is 0. The van der Waals surface area contributed by atoms with Gasteiger partial charge in [-0.15, -0.1) is 0 Å². The van der Waals surface area contributed by atoms with Gasteiger partial charge in [0.05, 0.1) is 0 Å². The van der Waals surface area contributed by atoms with Gasteiger partial charge in [0, 0.05) is 25.8 Å². The van der Waals surface area contributed by atoms with Crippen molar-refractivity contribution in [2.24, 2.45) is 5.84 Å². The number of rotatable bonds is 5. The summed E-state index contributed by atoms with van der Waals surface area (Å²) in [5.41, 5.74) is 2.03. The normalized spacial score (nSPS) is 16.4. The van der Waals surface area contributed by atoms with Crippen LogP contribution in [0.5, 0.6) is 0 Å². The Labute approximate surface area is 94.1 Å². The second kappa shape index (κ2) is 6.22. The first-order valence-corrected chi connectivity index (χ1v) is 5.48. The largest absolute Gasteiger partial charge is 0.294 e. The van der Waals surface area contributed by atoms with Crippen LogP contribution in [0.15, 0.2) is 0 Å². The van der Waals surface area contributed by atoms with E-state index < -0.39 is 0 Å². The Bertz CT molecular complexity index is 275. The fraction of sp³-hybridized carbons (Fsp3) is 0.700. The monoisotopic (exact) mass is 227 g/mol. The maximum atomic E-state index is 11.4. The van der Waals surface area contributed by atoms with Crippen molar-refractivity contribution in [2.45, 2.75) is 38.5 Å². The van der Waals surface area contributed by atoms with E-state index in [1.165, 1.54) is 4.90 Å². The molecule has 0 aromatic heterocycles. The van der Waals surface area contributed by atoms with Crippen molar-refractivity contribution >= 4 is 17.7 Å². The third kappa shape index (κ3) is 3.62. The molecule has 1 saturated heterocycles. The fourth-order valence-corrected chi connectivity index (χ4v) is 1.68. The van der Waals surface area contributed by atoms with Crippen LogP contribution in [0, 0.1) is 0 Å². The van der Waals surface area contributed by atoms with Crippen LogP contribution in [0.3, 0.4) is 0 Å². The lowest BCUT2D eigenvalue weighted by Gasteiger charge is -2.24. The van der Waals surface area contributed by atoms with Crippen molar-refractivity contribution in [1.29, 1.82) is 0 Å². The Morgan fingerprint density at radius 3 is 2.44 bits per heavy atom. The molecule has 1 heterocycles. The number of imide groups is 1. The average molecular weight is 227 g/mol. The molecule has 90 valence electrons. The summed E-state index contributed by atoms with van der Waals surface area (Å²) >= 11 is 0. The first-order chi connectivity index (χ1) is 7.65. The van der Waals surface area contributed by atoms with E-state index in [2.05, 4.69) is 0 Å². The number of carbonyl (C=O) groups is 3. The number of nitrogens with one attached hydrogen (secondary N) is 1. The minimum absolute atomic E-state index is 0.0977. The summed E-state index contributed by atoms with van der Waals surface area (Å²) in [5.74, 6) is 4.50. The molecule has 6 nitrogen and oxygen atoms in total. The molecule has 0 saturated carbocycles. The maximum Gasteiger partial charge on any atom is 0.233 e. The zero-order chi connectivity index (χ0) is 12.0. The number of nitrogens with two attached hydrogens (primary N) is 1. The highest BCUT2D eigenvalue weighted by Gasteiger charge is 2.24.